The van der Waals surface area contributed by atoms with E-state index in [1.807, 2.05) is 0 Å². The molecule has 2 aromatic rings. The van der Waals surface area contributed by atoms with Crippen molar-refractivity contribution in [1.82, 2.24) is 4.90 Å². The minimum atomic E-state index is 0.746. The second kappa shape index (κ2) is 5.54. The van der Waals surface area contributed by atoms with Gasteiger partial charge < -0.3 is 9.64 Å². The fraction of sp³-hybridized carbons (Fsp3) is 0.579. The molecule has 2 fully saturated rings. The number of nitrogens with zero attached hydrogens (tertiary/aromatic N) is 1. The molecule has 2 aliphatic carbocycles. The summed E-state index contributed by atoms with van der Waals surface area (Å²) in [6.45, 7) is 1.23. The maximum atomic E-state index is 5.54. The van der Waals surface area contributed by atoms with Gasteiger partial charge in [-0.3, -0.25) is 0 Å². The summed E-state index contributed by atoms with van der Waals surface area (Å²) in [5, 5.41) is 3.43. The van der Waals surface area contributed by atoms with Crippen LogP contribution in [-0.2, 0) is 0 Å². The lowest BCUT2D eigenvalue weighted by Crippen LogP contribution is -2.30. The van der Waals surface area contributed by atoms with Gasteiger partial charge in [-0.15, -0.1) is 11.3 Å². The monoisotopic (exact) mass is 315 g/mol. The third-order valence-corrected chi connectivity index (χ3v) is 6.77. The van der Waals surface area contributed by atoms with E-state index in [0.717, 1.165) is 29.4 Å². The van der Waals surface area contributed by atoms with Crippen molar-refractivity contribution < 1.29 is 4.74 Å². The second-order valence-electron chi connectivity index (χ2n) is 7.34. The Morgan fingerprint density at radius 2 is 2.05 bits per heavy atom. The molecule has 0 N–H and O–H groups in total. The lowest BCUT2D eigenvalue weighted by molar-refractivity contribution is 0.219. The summed E-state index contributed by atoms with van der Waals surface area (Å²) < 4.78 is 6.88. The van der Waals surface area contributed by atoms with Gasteiger partial charge in [-0.25, -0.2) is 0 Å². The van der Waals surface area contributed by atoms with Gasteiger partial charge in [0.2, 0.25) is 0 Å². The van der Waals surface area contributed by atoms with Crippen molar-refractivity contribution in [2.75, 3.05) is 27.7 Å². The first-order valence-corrected chi connectivity index (χ1v) is 9.25. The average Bonchev–Trinajstić information content (AvgIpc) is 3.19. The highest BCUT2D eigenvalue weighted by Gasteiger charge is 2.47. The normalized spacial score (nSPS) is 30.5. The molecule has 2 aliphatic rings. The Bertz CT molecular complexity index is 677. The number of thiophene rings is 1. The number of hydrogen-bond acceptors (Lipinski definition) is 3. The molecule has 2 saturated carbocycles. The van der Waals surface area contributed by atoms with Crippen LogP contribution in [0.2, 0.25) is 0 Å². The van der Waals surface area contributed by atoms with Crippen molar-refractivity contribution in [3.63, 3.8) is 0 Å². The first-order chi connectivity index (χ1) is 10.7. The van der Waals surface area contributed by atoms with E-state index in [2.05, 4.69) is 42.6 Å². The van der Waals surface area contributed by atoms with Crippen molar-refractivity contribution in [1.29, 1.82) is 0 Å². The molecular formula is C19H25NOS. The molecule has 118 valence electrons. The van der Waals surface area contributed by atoms with Crippen LogP contribution in [0.15, 0.2) is 23.6 Å². The number of benzene rings is 1. The number of ether oxygens (including phenoxy) is 1. The van der Waals surface area contributed by atoms with E-state index in [-0.39, 0.29) is 0 Å². The summed E-state index contributed by atoms with van der Waals surface area (Å²) in [6.07, 6.45) is 4.32. The quantitative estimate of drug-likeness (QED) is 0.817. The van der Waals surface area contributed by atoms with Gasteiger partial charge in [0.1, 0.15) is 5.75 Å². The summed E-state index contributed by atoms with van der Waals surface area (Å²) in [4.78, 5) is 2.38. The first kappa shape index (κ1) is 14.5. The zero-order chi connectivity index (χ0) is 15.3. The molecule has 0 spiro atoms. The predicted octanol–water partition coefficient (Wildman–Crippen LogP) is 4.60. The highest BCUT2D eigenvalue weighted by atomic mass is 32.1. The first-order valence-electron chi connectivity index (χ1n) is 8.37. The van der Waals surface area contributed by atoms with E-state index in [4.69, 9.17) is 4.74 Å². The summed E-state index contributed by atoms with van der Waals surface area (Å²) in [5.74, 6) is 4.45. The molecule has 3 heteroatoms. The third kappa shape index (κ3) is 2.26. The highest BCUT2D eigenvalue weighted by Crippen LogP contribution is 2.57. The maximum absolute atomic E-state index is 5.54. The van der Waals surface area contributed by atoms with E-state index in [1.54, 1.807) is 24.0 Å². The molecular weight excluding hydrogens is 290 g/mol. The van der Waals surface area contributed by atoms with Crippen LogP contribution in [0, 0.1) is 17.8 Å². The Labute approximate surface area is 137 Å². The van der Waals surface area contributed by atoms with Gasteiger partial charge >= 0.3 is 0 Å². The van der Waals surface area contributed by atoms with Gasteiger partial charge in [-0.1, -0.05) is 6.07 Å². The molecule has 1 heterocycles. The molecule has 1 aromatic heterocycles. The molecule has 0 amide bonds. The number of hydrogen-bond donors (Lipinski definition) is 0. The van der Waals surface area contributed by atoms with Crippen LogP contribution in [0.3, 0.4) is 0 Å². The Morgan fingerprint density at radius 3 is 2.82 bits per heavy atom. The number of fused-ring (bicyclic) bond motifs is 3. The van der Waals surface area contributed by atoms with E-state index in [0.29, 0.717) is 0 Å². The van der Waals surface area contributed by atoms with E-state index >= 15 is 0 Å². The summed E-state index contributed by atoms with van der Waals surface area (Å²) in [7, 11) is 6.21. The van der Waals surface area contributed by atoms with Crippen LogP contribution >= 0.6 is 11.3 Å². The van der Waals surface area contributed by atoms with Crippen LogP contribution in [0.1, 0.15) is 30.7 Å². The summed E-state index contributed by atoms with van der Waals surface area (Å²) in [6, 6.07) is 7.10. The van der Waals surface area contributed by atoms with Crippen molar-refractivity contribution in [2.45, 2.75) is 25.2 Å². The Kier molecular flexibility index (Phi) is 3.66. The Balaban J connectivity index is 1.73. The molecule has 2 nitrogen and oxygen atoms in total. The largest absolute Gasteiger partial charge is 0.495 e. The number of rotatable bonds is 4. The van der Waals surface area contributed by atoms with Gasteiger partial charge in [0.25, 0.3) is 0 Å². The van der Waals surface area contributed by atoms with Gasteiger partial charge in [-0.2, -0.15) is 0 Å². The van der Waals surface area contributed by atoms with Crippen LogP contribution in [0.25, 0.3) is 10.1 Å². The van der Waals surface area contributed by atoms with Crippen molar-refractivity contribution >= 4 is 21.4 Å². The molecule has 22 heavy (non-hydrogen) atoms. The zero-order valence-corrected chi connectivity index (χ0v) is 14.5. The van der Waals surface area contributed by atoms with Crippen molar-refractivity contribution in [2.24, 2.45) is 17.8 Å². The third-order valence-electron chi connectivity index (χ3n) is 5.83. The molecule has 4 rings (SSSR count). The van der Waals surface area contributed by atoms with Crippen LogP contribution in [-0.4, -0.2) is 32.6 Å². The zero-order valence-electron chi connectivity index (χ0n) is 13.7. The minimum absolute atomic E-state index is 0.746. The van der Waals surface area contributed by atoms with Gasteiger partial charge in [0.15, 0.2) is 0 Å². The topological polar surface area (TPSA) is 12.5 Å². The number of methoxy groups -OCH3 is 1. The lowest BCUT2D eigenvalue weighted by atomic mass is 9.75. The minimum Gasteiger partial charge on any atom is -0.495 e. The Morgan fingerprint density at radius 1 is 1.23 bits per heavy atom. The second-order valence-corrected chi connectivity index (χ2v) is 8.26. The van der Waals surface area contributed by atoms with Crippen molar-refractivity contribution in [3.8, 4) is 5.75 Å². The maximum Gasteiger partial charge on any atom is 0.137 e. The van der Waals surface area contributed by atoms with Crippen LogP contribution in [0.4, 0.5) is 0 Å². The lowest BCUT2D eigenvalue weighted by Gasteiger charge is -2.33. The average molecular weight is 315 g/mol. The molecule has 0 unspecified atom stereocenters. The molecule has 0 radical (unpaired) electrons. The van der Waals surface area contributed by atoms with Gasteiger partial charge in [0, 0.05) is 22.0 Å². The van der Waals surface area contributed by atoms with Gasteiger partial charge in [-0.05, 0) is 74.7 Å². The predicted molar refractivity (Wildman–Crippen MR) is 94.0 cm³/mol. The summed E-state index contributed by atoms with van der Waals surface area (Å²) in [5.41, 5.74) is 1.54. The summed E-state index contributed by atoms with van der Waals surface area (Å²) >= 11 is 1.78. The van der Waals surface area contributed by atoms with Gasteiger partial charge in [0.05, 0.1) is 7.11 Å². The fourth-order valence-electron chi connectivity index (χ4n) is 5.00. The van der Waals surface area contributed by atoms with Crippen molar-refractivity contribution in [3.05, 3.63) is 29.1 Å². The van der Waals surface area contributed by atoms with Crippen LogP contribution in [0.5, 0.6) is 5.75 Å². The Hall–Kier alpha value is -1.06. The molecule has 0 saturated heterocycles. The van der Waals surface area contributed by atoms with E-state index in [9.17, 15) is 0 Å². The SMILES string of the molecule is COc1csc2ccc([C@@H]3[C@@H]4CC[C@@H](C4)[C@@H]3CN(C)C)cc12. The molecule has 0 aliphatic heterocycles. The highest BCUT2D eigenvalue weighted by molar-refractivity contribution is 7.17. The fourth-order valence-corrected chi connectivity index (χ4v) is 5.89. The van der Waals surface area contributed by atoms with E-state index in [1.165, 1.54) is 35.9 Å². The van der Waals surface area contributed by atoms with Crippen LogP contribution < -0.4 is 4.74 Å². The smallest absolute Gasteiger partial charge is 0.137 e. The molecule has 1 aromatic carbocycles. The molecule has 2 bridgehead atoms. The molecule has 4 atom stereocenters. The van der Waals surface area contributed by atoms with E-state index < -0.39 is 0 Å². The standard InChI is InChI=1S/C19H25NOS/c1-20(2)10-16-12-4-5-13(8-12)19(16)14-6-7-18-15(9-14)17(21-3)11-22-18/h6-7,9,11-13,16,19H,4-5,8,10H2,1-3H3/t12-,13+,16-,19-/m0/s1.